The zero-order valence-corrected chi connectivity index (χ0v) is 25.9. The van der Waals surface area contributed by atoms with E-state index in [9.17, 15) is 18.0 Å². The molecule has 0 radical (unpaired) electrons. The van der Waals surface area contributed by atoms with Gasteiger partial charge in [-0.25, -0.2) is 0 Å². The summed E-state index contributed by atoms with van der Waals surface area (Å²) >= 11 is 0. The van der Waals surface area contributed by atoms with Crippen molar-refractivity contribution in [3.63, 3.8) is 0 Å². The van der Waals surface area contributed by atoms with Crippen molar-refractivity contribution in [3.8, 4) is 23.7 Å². The van der Waals surface area contributed by atoms with E-state index in [0.717, 1.165) is 57.7 Å². The predicted molar refractivity (Wildman–Crippen MR) is 171 cm³/mol. The lowest BCUT2D eigenvalue weighted by atomic mass is 9.89. The summed E-state index contributed by atoms with van der Waals surface area (Å²) in [5.41, 5.74) is 2.48. The van der Waals surface area contributed by atoms with Crippen LogP contribution in [-0.2, 0) is 11.3 Å². The normalized spacial score (nSPS) is 18.7. The summed E-state index contributed by atoms with van der Waals surface area (Å²) in [6.07, 6.45) is -0.124. The second-order valence-corrected chi connectivity index (χ2v) is 11.5. The van der Waals surface area contributed by atoms with Crippen LogP contribution in [0.25, 0.3) is 10.9 Å². The third-order valence-corrected chi connectivity index (χ3v) is 8.43. The van der Waals surface area contributed by atoms with E-state index in [1.807, 2.05) is 12.1 Å². The quantitative estimate of drug-likeness (QED) is 0.203. The summed E-state index contributed by atoms with van der Waals surface area (Å²) in [6, 6.07) is 14.8. The lowest BCUT2D eigenvalue weighted by Crippen LogP contribution is -2.46. The van der Waals surface area contributed by atoms with E-state index in [4.69, 9.17) is 14.7 Å². The summed E-state index contributed by atoms with van der Waals surface area (Å²) in [4.78, 5) is 14.6. The fourth-order valence-corrected chi connectivity index (χ4v) is 6.17. The van der Waals surface area contributed by atoms with Crippen LogP contribution in [0, 0.1) is 23.2 Å². The number of morpholine rings is 1. The van der Waals surface area contributed by atoms with Crippen molar-refractivity contribution in [2.24, 2.45) is 0 Å². The highest BCUT2D eigenvalue weighted by molar-refractivity contribution is 5.95. The molecule has 46 heavy (non-hydrogen) atoms. The third kappa shape index (κ3) is 8.45. The average Bonchev–Trinajstić information content (AvgIpc) is 3.40. The summed E-state index contributed by atoms with van der Waals surface area (Å²) in [7, 11) is 1.52. The Bertz CT molecular complexity index is 1610. The van der Waals surface area contributed by atoms with Crippen molar-refractivity contribution >= 4 is 28.2 Å². The van der Waals surface area contributed by atoms with Gasteiger partial charge in [-0.15, -0.1) is 0 Å². The molecule has 2 fully saturated rings. The van der Waals surface area contributed by atoms with Gasteiger partial charge in [-0.3, -0.25) is 9.69 Å². The van der Waals surface area contributed by atoms with E-state index in [0.29, 0.717) is 33.9 Å². The van der Waals surface area contributed by atoms with E-state index >= 15 is 0 Å². The molecule has 1 amide bonds. The Hall–Kier alpha value is -4.39. The second kappa shape index (κ2) is 15.3. The predicted octanol–water partition coefficient (Wildman–Crippen LogP) is 5.37. The highest BCUT2D eigenvalue weighted by Gasteiger charge is 2.31. The van der Waals surface area contributed by atoms with Crippen LogP contribution in [0.5, 0.6) is 5.75 Å². The topological polar surface area (TPSA) is 104 Å². The number of nitriles is 1. The van der Waals surface area contributed by atoms with Gasteiger partial charge in [0.2, 0.25) is 0 Å². The Labute approximate surface area is 267 Å². The molecular formula is C34H39F3N6O3. The molecule has 2 heterocycles. The first kappa shape index (κ1) is 33.0. The van der Waals surface area contributed by atoms with E-state index in [1.165, 1.54) is 11.6 Å². The minimum Gasteiger partial charge on any atom is -0.490 e. The number of aromatic nitrogens is 1. The average molecular weight is 637 g/mol. The number of carbonyl (C=O) groups is 1. The number of nitrogens with one attached hydrogen (secondary N) is 3. The van der Waals surface area contributed by atoms with E-state index in [2.05, 4.69) is 32.7 Å². The number of benzene rings is 2. The Morgan fingerprint density at radius 1 is 1.09 bits per heavy atom. The lowest BCUT2D eigenvalue weighted by molar-refractivity contribution is -0.140. The number of hydrogen-bond donors (Lipinski definition) is 3. The molecule has 1 aliphatic heterocycles. The summed E-state index contributed by atoms with van der Waals surface area (Å²) in [5, 5.41) is 18.9. The van der Waals surface area contributed by atoms with Gasteiger partial charge in [-0.1, -0.05) is 12.0 Å². The molecule has 3 N–H and O–H groups in total. The highest BCUT2D eigenvalue weighted by atomic mass is 19.4. The van der Waals surface area contributed by atoms with Crippen molar-refractivity contribution in [1.29, 1.82) is 5.26 Å². The van der Waals surface area contributed by atoms with Gasteiger partial charge < -0.3 is 30.0 Å². The zero-order chi connectivity index (χ0) is 32.5. The van der Waals surface area contributed by atoms with Crippen LogP contribution in [0.15, 0.2) is 42.5 Å². The summed E-state index contributed by atoms with van der Waals surface area (Å²) < 4.78 is 53.6. The van der Waals surface area contributed by atoms with E-state index in [-0.39, 0.29) is 37.2 Å². The maximum atomic E-state index is 13.7. The van der Waals surface area contributed by atoms with Crippen molar-refractivity contribution in [2.45, 2.75) is 56.9 Å². The largest absolute Gasteiger partial charge is 0.490 e. The maximum absolute atomic E-state index is 13.7. The summed E-state index contributed by atoms with van der Waals surface area (Å²) in [6.45, 7) is 2.59. The molecule has 0 unspecified atom stereocenters. The fraction of sp³-hybridized carbons (Fsp3) is 0.471. The number of hydrogen-bond acceptors (Lipinski definition) is 7. The van der Waals surface area contributed by atoms with Gasteiger partial charge in [0.15, 0.2) is 0 Å². The van der Waals surface area contributed by atoms with E-state index < -0.39 is 12.7 Å². The lowest BCUT2D eigenvalue weighted by Gasteiger charge is -2.39. The molecule has 0 atom stereocenters. The molecule has 2 aliphatic rings. The number of carbonyl (C=O) groups excluding carboxylic acids is 1. The molecule has 1 aliphatic carbocycles. The number of amides is 1. The van der Waals surface area contributed by atoms with Gasteiger partial charge in [0.1, 0.15) is 18.9 Å². The molecule has 12 heteroatoms. The van der Waals surface area contributed by atoms with Gasteiger partial charge in [0, 0.05) is 48.9 Å². The summed E-state index contributed by atoms with van der Waals surface area (Å²) in [5.74, 6) is 5.97. The Kier molecular flexibility index (Phi) is 10.9. The smallest absolute Gasteiger partial charge is 0.406 e. The standard InChI is InChI=1S/C34H39F3N6O3/c1-39-33(44)24-8-13-30(32(21-24)46-18-4-14-38)40-15-3-5-27-22-28-29(6-2-7-31(28)43(27)23-34(35,36)37)41-25-9-11-26(12-10-25)42-16-19-45-20-17-42/h2,6-8,13,21-22,25-26,40-41H,4,9-12,15-20,23H2,1H3,(H,39,44)/t25-,26+. The number of anilines is 2. The van der Waals surface area contributed by atoms with Crippen LogP contribution < -0.4 is 20.7 Å². The van der Waals surface area contributed by atoms with Gasteiger partial charge in [-0.2, -0.15) is 18.4 Å². The highest BCUT2D eigenvalue weighted by Crippen LogP contribution is 2.33. The van der Waals surface area contributed by atoms with Crippen molar-refractivity contribution in [2.75, 3.05) is 57.1 Å². The number of rotatable bonds is 10. The van der Waals surface area contributed by atoms with Crippen LogP contribution in [-0.4, -0.2) is 80.1 Å². The molecule has 1 aromatic heterocycles. The first-order valence-corrected chi connectivity index (χ1v) is 15.6. The monoisotopic (exact) mass is 636 g/mol. The molecule has 9 nitrogen and oxygen atoms in total. The maximum Gasteiger partial charge on any atom is 0.406 e. The number of fused-ring (bicyclic) bond motifs is 1. The molecular weight excluding hydrogens is 597 g/mol. The van der Waals surface area contributed by atoms with Crippen LogP contribution in [0.1, 0.15) is 48.2 Å². The molecule has 0 spiro atoms. The van der Waals surface area contributed by atoms with Crippen LogP contribution in [0.4, 0.5) is 24.5 Å². The van der Waals surface area contributed by atoms with Gasteiger partial charge in [0.25, 0.3) is 5.91 Å². The molecule has 3 aromatic rings. The first-order valence-electron chi connectivity index (χ1n) is 15.6. The van der Waals surface area contributed by atoms with Crippen molar-refractivity contribution in [3.05, 3.63) is 53.7 Å². The Morgan fingerprint density at radius 3 is 2.59 bits per heavy atom. The fourth-order valence-electron chi connectivity index (χ4n) is 6.17. The van der Waals surface area contributed by atoms with Crippen molar-refractivity contribution < 1.29 is 27.4 Å². The number of halogens is 3. The van der Waals surface area contributed by atoms with Crippen LogP contribution in [0.2, 0.25) is 0 Å². The molecule has 1 saturated carbocycles. The van der Waals surface area contributed by atoms with Gasteiger partial charge in [0.05, 0.1) is 49.1 Å². The first-order chi connectivity index (χ1) is 22.3. The van der Waals surface area contributed by atoms with E-state index in [1.54, 1.807) is 36.4 Å². The second-order valence-electron chi connectivity index (χ2n) is 11.5. The molecule has 0 bridgehead atoms. The minimum atomic E-state index is -4.43. The molecule has 5 rings (SSSR count). The zero-order valence-electron chi connectivity index (χ0n) is 25.9. The Morgan fingerprint density at radius 2 is 1.87 bits per heavy atom. The Balaban J connectivity index is 1.32. The third-order valence-electron chi connectivity index (χ3n) is 8.43. The molecule has 244 valence electrons. The van der Waals surface area contributed by atoms with Gasteiger partial charge >= 0.3 is 6.18 Å². The number of ether oxygens (including phenoxy) is 2. The SMILES string of the molecule is CNC(=O)c1ccc(NCC#Cc2cc3c(N[C@H]4CC[C@@H](N5CCOCC5)CC4)cccc3n2CC(F)(F)F)c(OCCC#N)c1. The number of nitrogens with zero attached hydrogens (tertiary/aromatic N) is 3. The van der Waals surface area contributed by atoms with Gasteiger partial charge in [-0.05, 0) is 68.0 Å². The van der Waals surface area contributed by atoms with Crippen LogP contribution in [0.3, 0.4) is 0 Å². The molecule has 2 aromatic carbocycles. The molecule has 1 saturated heterocycles. The number of alkyl halides is 3. The van der Waals surface area contributed by atoms with Crippen LogP contribution >= 0.6 is 0 Å². The van der Waals surface area contributed by atoms with Crippen molar-refractivity contribution in [1.82, 2.24) is 14.8 Å². The minimum absolute atomic E-state index is 0.110.